The van der Waals surface area contributed by atoms with Crippen molar-refractivity contribution in [3.63, 3.8) is 0 Å². The summed E-state index contributed by atoms with van der Waals surface area (Å²) in [6.45, 7) is 0. The zero-order valence-electron chi connectivity index (χ0n) is 7.61. The van der Waals surface area contributed by atoms with Gasteiger partial charge in [-0.05, 0) is 28.7 Å². The molecule has 0 fully saturated rings. The molecule has 0 heterocycles. The van der Waals surface area contributed by atoms with Crippen LogP contribution in [0.3, 0.4) is 0 Å². The molecular formula is C8H8INO4. The maximum absolute atomic E-state index is 10.6. The van der Waals surface area contributed by atoms with E-state index in [1.165, 1.54) is 20.3 Å². The molecule has 0 saturated carbocycles. The quantitative estimate of drug-likeness (QED) is 0.488. The topological polar surface area (TPSA) is 61.6 Å². The van der Waals surface area contributed by atoms with Gasteiger partial charge in [0.15, 0.2) is 0 Å². The Kier molecular flexibility index (Phi) is 3.50. The van der Waals surface area contributed by atoms with Gasteiger partial charge in [-0.3, -0.25) is 10.1 Å². The van der Waals surface area contributed by atoms with Crippen LogP contribution in [0.25, 0.3) is 0 Å². The van der Waals surface area contributed by atoms with Gasteiger partial charge in [0.25, 0.3) is 0 Å². The first kappa shape index (κ1) is 11.0. The van der Waals surface area contributed by atoms with Crippen LogP contribution in [-0.4, -0.2) is 19.1 Å². The first-order chi connectivity index (χ1) is 6.61. The maximum atomic E-state index is 10.6. The zero-order chi connectivity index (χ0) is 10.7. The Morgan fingerprint density at radius 2 is 2.00 bits per heavy atom. The smallest absolute Gasteiger partial charge is 0.312 e. The van der Waals surface area contributed by atoms with Gasteiger partial charge in [0, 0.05) is 6.07 Å². The summed E-state index contributed by atoms with van der Waals surface area (Å²) in [6, 6.07) is 2.91. The predicted octanol–water partition coefficient (Wildman–Crippen LogP) is 2.22. The van der Waals surface area contributed by atoms with E-state index in [0.717, 1.165) is 0 Å². The lowest BCUT2D eigenvalue weighted by Crippen LogP contribution is -1.97. The lowest BCUT2D eigenvalue weighted by atomic mass is 10.3. The Balaban J connectivity index is 3.35. The minimum Gasteiger partial charge on any atom is -0.495 e. The third kappa shape index (κ3) is 1.89. The average molecular weight is 309 g/mol. The largest absolute Gasteiger partial charge is 0.495 e. The van der Waals surface area contributed by atoms with Crippen molar-refractivity contribution in [2.75, 3.05) is 14.2 Å². The van der Waals surface area contributed by atoms with Gasteiger partial charge in [0.1, 0.15) is 9.32 Å². The lowest BCUT2D eigenvalue weighted by molar-refractivity contribution is -0.385. The Hall–Kier alpha value is -1.05. The molecule has 0 radical (unpaired) electrons. The summed E-state index contributed by atoms with van der Waals surface area (Å²) >= 11 is 1.95. The molecular weight excluding hydrogens is 301 g/mol. The molecule has 1 aromatic carbocycles. The lowest BCUT2D eigenvalue weighted by Gasteiger charge is -2.07. The van der Waals surface area contributed by atoms with E-state index in [9.17, 15) is 10.1 Å². The van der Waals surface area contributed by atoms with Gasteiger partial charge >= 0.3 is 5.69 Å². The molecule has 6 heteroatoms. The molecule has 0 bridgehead atoms. The highest BCUT2D eigenvalue weighted by molar-refractivity contribution is 14.1. The summed E-state index contributed by atoms with van der Waals surface area (Å²) in [4.78, 5) is 10.1. The Morgan fingerprint density at radius 3 is 2.43 bits per heavy atom. The van der Waals surface area contributed by atoms with Gasteiger partial charge < -0.3 is 9.47 Å². The van der Waals surface area contributed by atoms with Crippen molar-refractivity contribution in [1.82, 2.24) is 0 Å². The van der Waals surface area contributed by atoms with Crippen LogP contribution in [-0.2, 0) is 0 Å². The van der Waals surface area contributed by atoms with Crippen molar-refractivity contribution in [2.45, 2.75) is 0 Å². The van der Waals surface area contributed by atoms with Crippen molar-refractivity contribution < 1.29 is 14.4 Å². The van der Waals surface area contributed by atoms with Crippen molar-refractivity contribution >= 4 is 28.3 Å². The van der Waals surface area contributed by atoms with Crippen LogP contribution in [0, 0.1) is 13.7 Å². The molecule has 76 valence electrons. The predicted molar refractivity (Wildman–Crippen MR) is 58.9 cm³/mol. The molecule has 0 N–H and O–H groups in total. The highest BCUT2D eigenvalue weighted by atomic mass is 127. The molecule has 0 amide bonds. The highest BCUT2D eigenvalue weighted by Gasteiger charge is 2.20. The minimum absolute atomic E-state index is 0.0577. The van der Waals surface area contributed by atoms with Crippen molar-refractivity contribution in [3.8, 4) is 11.5 Å². The second-order valence-corrected chi connectivity index (χ2v) is 3.47. The Labute approximate surface area is 94.3 Å². The summed E-state index contributed by atoms with van der Waals surface area (Å²) in [5.41, 5.74) is -0.0577. The summed E-state index contributed by atoms with van der Waals surface area (Å²) in [5.74, 6) is 0.794. The molecule has 0 aliphatic heterocycles. The summed E-state index contributed by atoms with van der Waals surface area (Å²) in [7, 11) is 2.90. The summed E-state index contributed by atoms with van der Waals surface area (Å²) in [5, 5.41) is 10.6. The van der Waals surface area contributed by atoms with Crippen LogP contribution < -0.4 is 9.47 Å². The minimum atomic E-state index is -0.486. The molecule has 0 spiro atoms. The standard InChI is InChI=1S/C8H8INO4/c1-13-6-4-3-5(10(11)12)8(14-2)7(6)9/h3-4H,1-2H3. The van der Waals surface area contributed by atoms with E-state index in [2.05, 4.69) is 0 Å². The highest BCUT2D eigenvalue weighted by Crippen LogP contribution is 2.37. The average Bonchev–Trinajstić information content (AvgIpc) is 2.17. The fraction of sp³-hybridized carbons (Fsp3) is 0.250. The second kappa shape index (κ2) is 4.45. The Morgan fingerprint density at radius 1 is 1.36 bits per heavy atom. The third-order valence-electron chi connectivity index (χ3n) is 1.66. The monoisotopic (exact) mass is 309 g/mol. The fourth-order valence-corrected chi connectivity index (χ4v) is 1.92. The van der Waals surface area contributed by atoms with E-state index < -0.39 is 4.92 Å². The first-order valence-electron chi connectivity index (χ1n) is 3.66. The number of benzene rings is 1. The molecule has 0 aliphatic carbocycles. The second-order valence-electron chi connectivity index (χ2n) is 2.39. The molecule has 5 nitrogen and oxygen atoms in total. The van der Waals surface area contributed by atoms with Gasteiger partial charge in [-0.25, -0.2) is 0 Å². The number of halogens is 1. The van der Waals surface area contributed by atoms with E-state index in [1.807, 2.05) is 22.6 Å². The van der Waals surface area contributed by atoms with Crippen LogP contribution in [0.4, 0.5) is 5.69 Å². The third-order valence-corrected chi connectivity index (χ3v) is 2.68. The van der Waals surface area contributed by atoms with Gasteiger partial charge in [-0.1, -0.05) is 0 Å². The number of rotatable bonds is 3. The first-order valence-corrected chi connectivity index (χ1v) is 4.74. The van der Waals surface area contributed by atoms with E-state index in [-0.39, 0.29) is 11.4 Å². The molecule has 0 unspecified atom stereocenters. The van der Waals surface area contributed by atoms with E-state index in [4.69, 9.17) is 9.47 Å². The zero-order valence-corrected chi connectivity index (χ0v) is 9.77. The van der Waals surface area contributed by atoms with Gasteiger partial charge in [0.2, 0.25) is 5.75 Å². The van der Waals surface area contributed by atoms with Crippen molar-refractivity contribution in [3.05, 3.63) is 25.8 Å². The molecule has 1 aromatic rings. The van der Waals surface area contributed by atoms with Gasteiger partial charge in [-0.15, -0.1) is 0 Å². The summed E-state index contributed by atoms with van der Waals surface area (Å²) < 4.78 is 10.6. The molecule has 14 heavy (non-hydrogen) atoms. The van der Waals surface area contributed by atoms with Crippen LogP contribution in [0.15, 0.2) is 12.1 Å². The van der Waals surface area contributed by atoms with E-state index in [0.29, 0.717) is 9.32 Å². The van der Waals surface area contributed by atoms with Crippen LogP contribution >= 0.6 is 22.6 Å². The molecule has 1 rings (SSSR count). The van der Waals surface area contributed by atoms with Crippen LogP contribution in [0.2, 0.25) is 0 Å². The number of hydrogen-bond acceptors (Lipinski definition) is 4. The van der Waals surface area contributed by atoms with Crippen molar-refractivity contribution in [2.24, 2.45) is 0 Å². The number of ether oxygens (including phenoxy) is 2. The number of methoxy groups -OCH3 is 2. The van der Waals surface area contributed by atoms with E-state index in [1.54, 1.807) is 6.07 Å². The Bertz CT molecular complexity index is 367. The number of nitro groups is 1. The number of nitro benzene ring substituents is 1. The van der Waals surface area contributed by atoms with Gasteiger partial charge in [-0.2, -0.15) is 0 Å². The maximum Gasteiger partial charge on any atom is 0.312 e. The molecule has 0 aliphatic rings. The normalized spacial score (nSPS) is 9.64. The fourth-order valence-electron chi connectivity index (χ4n) is 1.02. The van der Waals surface area contributed by atoms with Crippen LogP contribution in [0.5, 0.6) is 11.5 Å². The molecule has 0 saturated heterocycles. The van der Waals surface area contributed by atoms with Gasteiger partial charge in [0.05, 0.1) is 19.1 Å². The number of nitrogens with zero attached hydrogens (tertiary/aromatic N) is 1. The van der Waals surface area contributed by atoms with Crippen molar-refractivity contribution in [1.29, 1.82) is 0 Å². The molecule has 0 aromatic heterocycles. The number of hydrogen-bond donors (Lipinski definition) is 0. The summed E-state index contributed by atoms with van der Waals surface area (Å²) in [6.07, 6.45) is 0. The van der Waals surface area contributed by atoms with Crippen LogP contribution in [0.1, 0.15) is 0 Å². The SMILES string of the molecule is COc1ccc([N+](=O)[O-])c(OC)c1I. The molecule has 0 atom stereocenters. The van der Waals surface area contributed by atoms with E-state index >= 15 is 0 Å².